The number of pyridine rings is 1. The topological polar surface area (TPSA) is 112 Å². The molecule has 0 saturated carbocycles. The number of carboxylic acids is 1. The number of benzene rings is 5. The minimum absolute atomic E-state index is 0.0289. The van der Waals surface area contributed by atoms with Gasteiger partial charge in [0.05, 0.1) is 17.3 Å². The van der Waals surface area contributed by atoms with Crippen molar-refractivity contribution in [3.8, 4) is 0 Å². The lowest BCUT2D eigenvalue weighted by Gasteiger charge is -2.58. The fraction of sp³-hybridized carbons (Fsp3) is 0.146. The molecule has 0 spiro atoms. The van der Waals surface area contributed by atoms with Crippen molar-refractivity contribution in [2.24, 2.45) is 0 Å². The third-order valence-corrected chi connectivity index (χ3v) is 9.70. The van der Waals surface area contributed by atoms with Gasteiger partial charge >= 0.3 is 5.97 Å². The van der Waals surface area contributed by atoms with Gasteiger partial charge in [0.25, 0.3) is 0 Å². The Labute approximate surface area is 278 Å². The third kappa shape index (κ3) is 4.42. The van der Waals surface area contributed by atoms with Crippen molar-refractivity contribution < 1.29 is 19.8 Å². The quantitative estimate of drug-likeness (QED) is 0.133. The lowest BCUT2D eigenvalue weighted by atomic mass is 9.51. The van der Waals surface area contributed by atoms with Crippen LogP contribution in [0.25, 0.3) is 10.9 Å². The molecule has 7 nitrogen and oxygen atoms in total. The maximum absolute atomic E-state index is 15.4. The van der Waals surface area contributed by atoms with Gasteiger partial charge in [-0.3, -0.25) is 9.59 Å². The zero-order chi connectivity index (χ0) is 33.4. The van der Waals surface area contributed by atoms with Gasteiger partial charge < -0.3 is 20.8 Å². The Kier molecular flexibility index (Phi) is 7.77. The van der Waals surface area contributed by atoms with E-state index in [1.165, 1.54) is 0 Å². The first-order valence-electron chi connectivity index (χ1n) is 16.0. The van der Waals surface area contributed by atoms with Gasteiger partial charge in [-0.05, 0) is 41.3 Å². The van der Waals surface area contributed by atoms with Crippen LogP contribution in [0.3, 0.4) is 0 Å². The molecule has 0 aliphatic carbocycles. The number of hydrogen-bond donors (Lipinski definition) is 4. The number of rotatable bonds is 8. The average Bonchev–Trinajstić information content (AvgIpc) is 3.14. The highest BCUT2D eigenvalue weighted by Gasteiger charge is 2.76. The molecule has 7 heteroatoms. The van der Waals surface area contributed by atoms with Crippen LogP contribution in [0.4, 0.5) is 5.69 Å². The number of aliphatic hydroxyl groups is 1. The summed E-state index contributed by atoms with van der Waals surface area (Å²) in [4.78, 5) is 34.7. The van der Waals surface area contributed by atoms with Gasteiger partial charge in [-0.25, -0.2) is 4.98 Å². The number of nitrogens with one attached hydrogen (secondary N) is 2. The van der Waals surface area contributed by atoms with Crippen LogP contribution in [0.2, 0.25) is 0 Å². The molecule has 6 aromatic rings. The molecule has 4 N–H and O–H groups in total. The number of fused-ring (bicyclic) bond motifs is 2. The van der Waals surface area contributed by atoms with E-state index in [0.717, 1.165) is 10.9 Å². The van der Waals surface area contributed by atoms with Crippen LogP contribution < -0.4 is 10.6 Å². The first kappa shape index (κ1) is 30.8. The number of anilines is 1. The minimum atomic E-state index is -2.61. The summed E-state index contributed by atoms with van der Waals surface area (Å²) in [5.74, 6) is -2.36. The monoisotopic (exact) mass is 633 g/mol. The molecule has 3 atom stereocenters. The summed E-state index contributed by atoms with van der Waals surface area (Å²) < 4.78 is 0. The summed E-state index contributed by atoms with van der Waals surface area (Å²) in [6.07, 6.45) is 0.487. The van der Waals surface area contributed by atoms with Crippen LogP contribution in [0, 0.1) is 0 Å². The van der Waals surface area contributed by atoms with E-state index >= 15 is 4.79 Å². The summed E-state index contributed by atoms with van der Waals surface area (Å²) in [6.45, 7) is 1.93. The van der Waals surface area contributed by atoms with Crippen molar-refractivity contribution >= 4 is 28.5 Å². The second-order valence-corrected chi connectivity index (χ2v) is 12.2. The van der Waals surface area contributed by atoms with Gasteiger partial charge in [-0.2, -0.15) is 0 Å². The number of carboxylic acid groups (broad SMARTS) is 1. The Hall–Kier alpha value is -5.79. The Morgan fingerprint density at radius 3 is 1.92 bits per heavy atom. The van der Waals surface area contributed by atoms with Gasteiger partial charge in [-0.15, -0.1) is 0 Å². The molecule has 1 aromatic heterocycles. The van der Waals surface area contributed by atoms with Crippen molar-refractivity contribution in [3.63, 3.8) is 0 Å². The standard InChI is InChI=1S/C41H35N3O4/c1-2-33(28-16-6-3-7-17-28)43-37(45)39(38(46)47)32-23-13-15-25-35(32)44-40(30-19-8-4-9-20-30,31-21-10-5-11-22-31)41(39,48)36-27-26-29-18-12-14-24-34(29)42-36/h3-27,33,44,48H,2H2,1H3,(H,43,45)(H,46,47)/t33?,39?,41-/m0/s1. The van der Waals surface area contributed by atoms with Crippen LogP contribution >= 0.6 is 0 Å². The molecule has 1 aliphatic heterocycles. The molecule has 0 radical (unpaired) electrons. The molecule has 2 unspecified atom stereocenters. The molecule has 1 aliphatic rings. The van der Waals surface area contributed by atoms with Gasteiger partial charge in [0.1, 0.15) is 5.54 Å². The van der Waals surface area contributed by atoms with Crippen molar-refractivity contribution in [1.29, 1.82) is 0 Å². The van der Waals surface area contributed by atoms with E-state index in [4.69, 9.17) is 4.98 Å². The Bertz CT molecular complexity index is 2070. The Morgan fingerprint density at radius 1 is 0.729 bits per heavy atom. The van der Waals surface area contributed by atoms with Gasteiger partial charge in [0.15, 0.2) is 5.60 Å². The van der Waals surface area contributed by atoms with Gasteiger partial charge in [0.2, 0.25) is 11.3 Å². The first-order chi connectivity index (χ1) is 23.4. The zero-order valence-electron chi connectivity index (χ0n) is 26.4. The second kappa shape index (κ2) is 12.1. The lowest BCUT2D eigenvalue weighted by molar-refractivity contribution is -0.175. The van der Waals surface area contributed by atoms with Crippen molar-refractivity contribution in [2.45, 2.75) is 35.9 Å². The largest absolute Gasteiger partial charge is 0.480 e. The maximum Gasteiger partial charge on any atom is 0.327 e. The predicted octanol–water partition coefficient (Wildman–Crippen LogP) is 7.08. The van der Waals surface area contributed by atoms with E-state index in [0.29, 0.717) is 28.8 Å². The summed E-state index contributed by atoms with van der Waals surface area (Å²) in [6, 6.07) is 45.0. The minimum Gasteiger partial charge on any atom is -0.480 e. The van der Waals surface area contributed by atoms with Crippen LogP contribution in [0.15, 0.2) is 152 Å². The molecule has 0 saturated heterocycles. The molecule has 0 fully saturated rings. The third-order valence-electron chi connectivity index (χ3n) is 9.70. The van der Waals surface area contributed by atoms with Crippen LogP contribution in [0.1, 0.15) is 47.3 Å². The van der Waals surface area contributed by atoms with Gasteiger partial charge in [-0.1, -0.05) is 140 Å². The Morgan fingerprint density at radius 2 is 1.29 bits per heavy atom. The van der Waals surface area contributed by atoms with E-state index in [2.05, 4.69) is 10.6 Å². The zero-order valence-corrected chi connectivity index (χ0v) is 26.4. The highest BCUT2D eigenvalue weighted by atomic mass is 16.4. The van der Waals surface area contributed by atoms with Crippen LogP contribution in [0.5, 0.6) is 0 Å². The lowest BCUT2D eigenvalue weighted by Crippen LogP contribution is -2.74. The summed E-state index contributed by atoms with van der Waals surface area (Å²) in [7, 11) is 0. The molecule has 2 heterocycles. The normalized spacial score (nSPS) is 20.2. The number of aromatic nitrogens is 1. The van der Waals surface area contributed by atoms with E-state index < -0.39 is 34.5 Å². The molecule has 5 aromatic carbocycles. The number of carbonyl (C=O) groups is 2. The molecule has 238 valence electrons. The van der Waals surface area contributed by atoms with Crippen LogP contribution in [-0.2, 0) is 26.1 Å². The molecule has 1 amide bonds. The van der Waals surface area contributed by atoms with E-state index in [1.54, 1.807) is 36.4 Å². The SMILES string of the molecule is CCC(NC(=O)C1(C(=O)O)c2ccccc2NC(c2ccccc2)(c2ccccc2)[C@]1(O)c1ccc2ccccc2n1)c1ccccc1. The fourth-order valence-electron chi connectivity index (χ4n) is 7.47. The molecule has 0 bridgehead atoms. The summed E-state index contributed by atoms with van der Waals surface area (Å²) in [5, 5.41) is 33.3. The average molecular weight is 634 g/mol. The molecule has 48 heavy (non-hydrogen) atoms. The second-order valence-electron chi connectivity index (χ2n) is 12.2. The van der Waals surface area contributed by atoms with Crippen molar-refractivity contribution in [1.82, 2.24) is 10.3 Å². The van der Waals surface area contributed by atoms with Gasteiger partial charge in [0, 0.05) is 16.6 Å². The maximum atomic E-state index is 15.4. The highest BCUT2D eigenvalue weighted by Crippen LogP contribution is 2.61. The molecule has 7 rings (SSSR count). The first-order valence-corrected chi connectivity index (χ1v) is 16.0. The highest BCUT2D eigenvalue weighted by molar-refractivity contribution is 6.12. The van der Waals surface area contributed by atoms with Crippen LogP contribution in [-0.4, -0.2) is 27.1 Å². The number of amides is 1. The molecular weight excluding hydrogens is 598 g/mol. The van der Waals surface area contributed by atoms with Crippen molar-refractivity contribution in [3.05, 3.63) is 180 Å². The Balaban J connectivity index is 1.64. The van der Waals surface area contributed by atoms with E-state index in [9.17, 15) is 15.0 Å². The number of hydrogen-bond acceptors (Lipinski definition) is 5. The summed E-state index contributed by atoms with van der Waals surface area (Å²) >= 11 is 0. The fourth-order valence-corrected chi connectivity index (χ4v) is 7.47. The number of carbonyl (C=O) groups excluding carboxylic acids is 1. The summed E-state index contributed by atoms with van der Waals surface area (Å²) in [5.41, 5.74) is -3.88. The smallest absolute Gasteiger partial charge is 0.327 e. The predicted molar refractivity (Wildman–Crippen MR) is 186 cm³/mol. The van der Waals surface area contributed by atoms with E-state index in [-0.39, 0.29) is 11.3 Å². The van der Waals surface area contributed by atoms with Crippen molar-refractivity contribution in [2.75, 3.05) is 5.32 Å². The van der Waals surface area contributed by atoms with E-state index in [1.807, 2.05) is 122 Å². The number of aliphatic carboxylic acids is 1. The number of nitrogens with zero attached hydrogens (tertiary/aromatic N) is 1. The molecular formula is C41H35N3O4. The number of para-hydroxylation sites is 2.